The molecule has 14 heavy (non-hydrogen) atoms. The van der Waals surface area contributed by atoms with Gasteiger partial charge in [0.2, 0.25) is 11.9 Å². The van der Waals surface area contributed by atoms with Gasteiger partial charge in [-0.05, 0) is 27.7 Å². The monoisotopic (exact) mass is 202 g/mol. The maximum atomic E-state index is 11.4. The fourth-order valence-corrected chi connectivity index (χ4v) is 0.770. The van der Waals surface area contributed by atoms with E-state index in [1.807, 2.05) is 20.8 Å². The predicted molar refractivity (Wildman–Crippen MR) is 53.9 cm³/mol. The summed E-state index contributed by atoms with van der Waals surface area (Å²) in [5.41, 5.74) is 6.54. The smallest absolute Gasteiger partial charge is 0.245 e. The van der Waals surface area contributed by atoms with Gasteiger partial charge in [0.05, 0.1) is 0 Å². The molecular formula is C8H18N4O2. The zero-order valence-corrected chi connectivity index (χ0v) is 8.96. The van der Waals surface area contributed by atoms with Gasteiger partial charge in [0, 0.05) is 5.54 Å². The maximum Gasteiger partial charge on any atom is 0.245 e. The normalized spacial score (nSPS) is 14.8. The van der Waals surface area contributed by atoms with Crippen LogP contribution in [-0.4, -0.2) is 28.7 Å². The highest BCUT2D eigenvalue weighted by molar-refractivity contribution is 5.86. The van der Waals surface area contributed by atoms with E-state index in [2.05, 4.69) is 10.3 Å². The molecule has 5 N–H and O–H groups in total. The number of hydroxylamine groups is 1. The summed E-state index contributed by atoms with van der Waals surface area (Å²) in [7, 11) is 0. The molecule has 0 aliphatic carbocycles. The van der Waals surface area contributed by atoms with Crippen molar-refractivity contribution in [3.63, 3.8) is 0 Å². The van der Waals surface area contributed by atoms with Gasteiger partial charge in [-0.15, -0.1) is 0 Å². The second kappa shape index (κ2) is 4.80. The second-order valence-electron chi connectivity index (χ2n) is 4.04. The SMILES string of the molecule is CC(N=C(N)NO)C(=O)NC(C)(C)C. The molecule has 1 amide bonds. The van der Waals surface area contributed by atoms with Crippen LogP contribution >= 0.6 is 0 Å². The average Bonchev–Trinajstić information content (AvgIpc) is 2.00. The van der Waals surface area contributed by atoms with Crippen LogP contribution in [0.1, 0.15) is 27.7 Å². The van der Waals surface area contributed by atoms with E-state index in [-0.39, 0.29) is 17.4 Å². The topological polar surface area (TPSA) is 99.7 Å². The largest absolute Gasteiger partial charge is 0.368 e. The number of rotatable bonds is 2. The Balaban J connectivity index is 4.27. The third kappa shape index (κ3) is 5.36. The van der Waals surface area contributed by atoms with Crippen molar-refractivity contribution in [3.05, 3.63) is 0 Å². The summed E-state index contributed by atoms with van der Waals surface area (Å²) in [6, 6.07) is -0.631. The number of carbonyl (C=O) groups excluding carboxylic acids is 1. The highest BCUT2D eigenvalue weighted by Gasteiger charge is 2.18. The van der Waals surface area contributed by atoms with Crippen molar-refractivity contribution >= 4 is 11.9 Å². The molecule has 0 rings (SSSR count). The molecule has 0 spiro atoms. The maximum absolute atomic E-state index is 11.4. The van der Waals surface area contributed by atoms with Gasteiger partial charge in [-0.3, -0.25) is 10.0 Å². The molecule has 0 aromatic rings. The zero-order valence-electron chi connectivity index (χ0n) is 8.96. The van der Waals surface area contributed by atoms with E-state index in [9.17, 15) is 4.79 Å². The third-order valence-electron chi connectivity index (χ3n) is 1.32. The van der Waals surface area contributed by atoms with Crippen LogP contribution in [0.25, 0.3) is 0 Å². The van der Waals surface area contributed by atoms with Gasteiger partial charge >= 0.3 is 0 Å². The van der Waals surface area contributed by atoms with E-state index in [0.717, 1.165) is 0 Å². The van der Waals surface area contributed by atoms with Crippen LogP contribution in [0.3, 0.4) is 0 Å². The molecule has 0 aliphatic rings. The minimum Gasteiger partial charge on any atom is -0.368 e. The summed E-state index contributed by atoms with van der Waals surface area (Å²) in [6.07, 6.45) is 0. The van der Waals surface area contributed by atoms with Crippen molar-refractivity contribution in [3.8, 4) is 0 Å². The fourth-order valence-electron chi connectivity index (χ4n) is 0.770. The van der Waals surface area contributed by atoms with Gasteiger partial charge in [-0.25, -0.2) is 10.5 Å². The van der Waals surface area contributed by atoms with Gasteiger partial charge < -0.3 is 11.1 Å². The lowest BCUT2D eigenvalue weighted by molar-refractivity contribution is -0.123. The lowest BCUT2D eigenvalue weighted by Crippen LogP contribution is -2.45. The molecule has 1 atom stereocenters. The molecule has 0 saturated heterocycles. The quantitative estimate of drug-likeness (QED) is 0.278. The van der Waals surface area contributed by atoms with Crippen LogP contribution in [0.2, 0.25) is 0 Å². The van der Waals surface area contributed by atoms with E-state index < -0.39 is 6.04 Å². The van der Waals surface area contributed by atoms with Crippen LogP contribution in [0.15, 0.2) is 4.99 Å². The number of nitrogens with zero attached hydrogens (tertiary/aromatic N) is 1. The molecule has 0 radical (unpaired) electrons. The molecule has 0 aromatic heterocycles. The Kier molecular flexibility index (Phi) is 4.36. The van der Waals surface area contributed by atoms with Crippen molar-refractivity contribution in [2.75, 3.05) is 0 Å². The summed E-state index contributed by atoms with van der Waals surface area (Å²) >= 11 is 0. The first-order valence-electron chi connectivity index (χ1n) is 4.31. The first kappa shape index (κ1) is 12.7. The van der Waals surface area contributed by atoms with Crippen molar-refractivity contribution in [1.29, 1.82) is 0 Å². The number of carbonyl (C=O) groups is 1. The van der Waals surface area contributed by atoms with Gasteiger partial charge in [0.15, 0.2) is 0 Å². The fraction of sp³-hybridized carbons (Fsp3) is 0.750. The Bertz CT molecular complexity index is 232. The number of guanidine groups is 1. The highest BCUT2D eigenvalue weighted by Crippen LogP contribution is 2.00. The van der Waals surface area contributed by atoms with Crippen LogP contribution in [0, 0.1) is 0 Å². The summed E-state index contributed by atoms with van der Waals surface area (Å²) in [5.74, 6) is -0.419. The Hall–Kier alpha value is -1.30. The second-order valence-corrected chi connectivity index (χ2v) is 4.04. The number of amides is 1. The number of hydrogen-bond donors (Lipinski definition) is 4. The van der Waals surface area contributed by atoms with Gasteiger partial charge in [0.1, 0.15) is 6.04 Å². The average molecular weight is 202 g/mol. The van der Waals surface area contributed by atoms with Crippen LogP contribution in [0.4, 0.5) is 0 Å². The van der Waals surface area contributed by atoms with E-state index >= 15 is 0 Å². The van der Waals surface area contributed by atoms with Crippen molar-refractivity contribution in [2.45, 2.75) is 39.3 Å². The van der Waals surface area contributed by atoms with Crippen LogP contribution < -0.4 is 16.5 Å². The molecule has 6 nitrogen and oxygen atoms in total. The highest BCUT2D eigenvalue weighted by atomic mass is 16.5. The Morgan fingerprint density at radius 1 is 1.50 bits per heavy atom. The van der Waals surface area contributed by atoms with E-state index in [1.54, 1.807) is 12.4 Å². The van der Waals surface area contributed by atoms with E-state index in [0.29, 0.717) is 0 Å². The minimum absolute atomic E-state index is 0.179. The number of nitrogens with one attached hydrogen (secondary N) is 2. The van der Waals surface area contributed by atoms with Crippen molar-refractivity contribution in [1.82, 2.24) is 10.8 Å². The molecule has 0 bridgehead atoms. The molecule has 0 heterocycles. The summed E-state index contributed by atoms with van der Waals surface area (Å²) in [5, 5.41) is 11.1. The number of nitrogens with two attached hydrogens (primary N) is 1. The molecule has 82 valence electrons. The summed E-state index contributed by atoms with van der Waals surface area (Å²) < 4.78 is 0. The molecule has 0 fully saturated rings. The molecule has 1 unspecified atom stereocenters. The first-order valence-corrected chi connectivity index (χ1v) is 4.31. The van der Waals surface area contributed by atoms with Gasteiger partial charge in [0.25, 0.3) is 0 Å². The summed E-state index contributed by atoms with van der Waals surface area (Å²) in [4.78, 5) is 15.1. The summed E-state index contributed by atoms with van der Waals surface area (Å²) in [6.45, 7) is 7.20. The van der Waals surface area contributed by atoms with Crippen LogP contribution in [0.5, 0.6) is 0 Å². The molecule has 0 aliphatic heterocycles. The van der Waals surface area contributed by atoms with E-state index in [4.69, 9.17) is 10.9 Å². The number of hydrogen-bond acceptors (Lipinski definition) is 3. The number of aliphatic imine (C=N–C) groups is 1. The lowest BCUT2D eigenvalue weighted by Gasteiger charge is -2.21. The molecule has 0 aromatic carbocycles. The lowest BCUT2D eigenvalue weighted by atomic mass is 10.1. The first-order chi connectivity index (χ1) is 6.26. The molecule has 6 heteroatoms. The minimum atomic E-state index is -0.631. The van der Waals surface area contributed by atoms with Crippen molar-refractivity contribution < 1.29 is 10.0 Å². The van der Waals surface area contributed by atoms with Gasteiger partial charge in [-0.1, -0.05) is 0 Å². The van der Waals surface area contributed by atoms with Gasteiger partial charge in [-0.2, -0.15) is 0 Å². The predicted octanol–water partition coefficient (Wildman–Crippen LogP) is -0.417. The Labute approximate surface area is 83.5 Å². The van der Waals surface area contributed by atoms with Crippen molar-refractivity contribution in [2.24, 2.45) is 10.7 Å². The zero-order chi connectivity index (χ0) is 11.4. The standard InChI is InChI=1S/C8H18N4O2/c1-5(10-7(9)12-14)6(13)11-8(2,3)4/h5,14H,1-4H3,(H,11,13)(H3,9,10,12). The van der Waals surface area contributed by atoms with E-state index in [1.165, 1.54) is 0 Å². The molecule has 0 saturated carbocycles. The molecular weight excluding hydrogens is 184 g/mol. The van der Waals surface area contributed by atoms with Crippen LogP contribution in [-0.2, 0) is 4.79 Å². The third-order valence-corrected chi connectivity index (χ3v) is 1.32. The Morgan fingerprint density at radius 3 is 2.36 bits per heavy atom. The Morgan fingerprint density at radius 2 is 2.00 bits per heavy atom.